The quantitative estimate of drug-likeness (QED) is 0.801. The van der Waals surface area contributed by atoms with Gasteiger partial charge in [0.25, 0.3) is 5.91 Å². The van der Waals surface area contributed by atoms with Crippen molar-refractivity contribution < 1.29 is 9.18 Å². The van der Waals surface area contributed by atoms with E-state index in [4.69, 9.17) is 0 Å². The number of hydrogen-bond acceptors (Lipinski definition) is 3. The van der Waals surface area contributed by atoms with E-state index in [-0.39, 0.29) is 0 Å². The molecule has 0 saturated heterocycles. The lowest BCUT2D eigenvalue weighted by Gasteiger charge is -2.20. The van der Waals surface area contributed by atoms with Crippen molar-refractivity contribution in [3.63, 3.8) is 0 Å². The highest BCUT2D eigenvalue weighted by Gasteiger charge is 2.34. The van der Waals surface area contributed by atoms with Crippen molar-refractivity contribution in [1.29, 1.82) is 0 Å². The van der Waals surface area contributed by atoms with Gasteiger partial charge in [0.05, 0.1) is 0 Å². The number of hydrogen-bond donors (Lipinski definition) is 2. The Bertz CT molecular complexity index is 573. The Hall–Kier alpha value is -2.43. The lowest BCUT2D eigenvalue weighted by atomic mass is 9.97. The molecule has 0 spiro atoms. The fourth-order valence-corrected chi connectivity index (χ4v) is 1.83. The molecule has 0 aliphatic heterocycles. The van der Waals surface area contributed by atoms with E-state index in [0.29, 0.717) is 24.5 Å². The molecule has 109 valence electrons. The van der Waals surface area contributed by atoms with Crippen molar-refractivity contribution in [2.75, 3.05) is 18.4 Å². The molecule has 2 rings (SSSR count). The summed E-state index contributed by atoms with van der Waals surface area (Å²) in [5.41, 5.74) is -1.74. The molecule has 0 fully saturated rings. The second-order valence-corrected chi connectivity index (χ2v) is 4.69. The molecule has 0 aliphatic carbocycles. The molecule has 1 aromatic heterocycles. The number of pyridine rings is 1. The van der Waals surface area contributed by atoms with Crippen LogP contribution < -0.4 is 10.6 Å². The van der Waals surface area contributed by atoms with E-state index in [1.807, 2.05) is 18.2 Å². The molecule has 0 bridgehead atoms. The summed E-state index contributed by atoms with van der Waals surface area (Å²) in [6.07, 6.45) is 1.67. The van der Waals surface area contributed by atoms with Crippen LogP contribution in [0, 0.1) is 6.07 Å². The van der Waals surface area contributed by atoms with Crippen LogP contribution in [0.1, 0.15) is 12.5 Å². The SMILES string of the molecule is CC(F)(C(=O)NCCNc1ccccn1)c1cc[c]cc1. The van der Waals surface area contributed by atoms with E-state index < -0.39 is 11.6 Å². The first-order chi connectivity index (χ1) is 10.1. The number of nitrogens with one attached hydrogen (secondary N) is 2. The Kier molecular flexibility index (Phi) is 4.87. The number of nitrogens with zero attached hydrogens (tertiary/aromatic N) is 1. The maximum Gasteiger partial charge on any atom is 0.262 e. The van der Waals surface area contributed by atoms with Crippen molar-refractivity contribution in [1.82, 2.24) is 10.3 Å². The van der Waals surface area contributed by atoms with E-state index in [0.717, 1.165) is 0 Å². The first-order valence-electron chi connectivity index (χ1n) is 6.69. The van der Waals surface area contributed by atoms with Crippen molar-refractivity contribution >= 4 is 11.7 Å². The summed E-state index contributed by atoms with van der Waals surface area (Å²) in [7, 11) is 0. The van der Waals surface area contributed by atoms with E-state index >= 15 is 0 Å². The van der Waals surface area contributed by atoms with Crippen LogP contribution in [0.25, 0.3) is 0 Å². The molecule has 0 aliphatic rings. The molecular formula is C16H17FN3O. The summed E-state index contributed by atoms with van der Waals surface area (Å²) >= 11 is 0. The van der Waals surface area contributed by atoms with Crippen LogP contribution in [-0.4, -0.2) is 24.0 Å². The first-order valence-corrected chi connectivity index (χ1v) is 6.69. The second-order valence-electron chi connectivity index (χ2n) is 4.69. The Balaban J connectivity index is 1.82. The van der Waals surface area contributed by atoms with Gasteiger partial charge in [0.1, 0.15) is 5.82 Å². The average Bonchev–Trinajstić information content (AvgIpc) is 2.53. The molecule has 1 radical (unpaired) electrons. The highest BCUT2D eigenvalue weighted by atomic mass is 19.1. The van der Waals surface area contributed by atoms with Gasteiger partial charge in [0.2, 0.25) is 5.67 Å². The van der Waals surface area contributed by atoms with Gasteiger partial charge in [0.15, 0.2) is 0 Å². The van der Waals surface area contributed by atoms with Crippen molar-refractivity contribution in [3.05, 3.63) is 60.3 Å². The third-order valence-electron chi connectivity index (χ3n) is 3.07. The molecule has 2 aromatic rings. The Morgan fingerprint density at radius 3 is 2.71 bits per heavy atom. The van der Waals surface area contributed by atoms with Crippen LogP contribution in [0.5, 0.6) is 0 Å². The molecule has 1 amide bonds. The Morgan fingerprint density at radius 1 is 1.29 bits per heavy atom. The van der Waals surface area contributed by atoms with E-state index in [9.17, 15) is 9.18 Å². The maximum absolute atomic E-state index is 14.5. The van der Waals surface area contributed by atoms with E-state index in [1.165, 1.54) is 6.92 Å². The maximum atomic E-state index is 14.5. The number of rotatable bonds is 6. The number of alkyl halides is 1. The molecule has 1 atom stereocenters. The minimum Gasteiger partial charge on any atom is -0.368 e. The van der Waals surface area contributed by atoms with Crippen molar-refractivity contribution in [3.8, 4) is 0 Å². The highest BCUT2D eigenvalue weighted by molar-refractivity contribution is 5.85. The first kappa shape index (κ1) is 15.0. The standard InChI is InChI=1S/C16H17FN3O/c1-16(17,13-7-3-2-4-8-13)15(21)20-12-11-19-14-9-5-6-10-18-14/h3-10H,11-12H2,1H3,(H,18,19)(H,20,21). The van der Waals surface area contributed by atoms with Gasteiger partial charge >= 0.3 is 0 Å². The molecule has 2 N–H and O–H groups in total. The zero-order valence-corrected chi connectivity index (χ0v) is 11.8. The lowest BCUT2D eigenvalue weighted by molar-refractivity contribution is -0.132. The van der Waals surface area contributed by atoms with Crippen LogP contribution in [-0.2, 0) is 10.5 Å². The molecule has 1 heterocycles. The molecule has 5 heteroatoms. The Labute approximate surface area is 123 Å². The summed E-state index contributed by atoms with van der Waals surface area (Å²) in [5.74, 6) is 0.0601. The summed E-state index contributed by atoms with van der Waals surface area (Å²) in [6, 6.07) is 14.6. The van der Waals surface area contributed by atoms with Crippen LogP contribution in [0.2, 0.25) is 0 Å². The van der Waals surface area contributed by atoms with Gasteiger partial charge in [-0.1, -0.05) is 30.3 Å². The van der Waals surface area contributed by atoms with Gasteiger partial charge in [-0.3, -0.25) is 4.79 Å². The summed E-state index contributed by atoms with van der Waals surface area (Å²) < 4.78 is 14.5. The topological polar surface area (TPSA) is 54.0 Å². The summed E-state index contributed by atoms with van der Waals surface area (Å²) in [4.78, 5) is 16.0. The smallest absolute Gasteiger partial charge is 0.262 e. The number of anilines is 1. The van der Waals surface area contributed by atoms with Crippen LogP contribution >= 0.6 is 0 Å². The summed E-state index contributed by atoms with van der Waals surface area (Å²) in [6.45, 7) is 2.04. The Morgan fingerprint density at radius 2 is 2.05 bits per heavy atom. The van der Waals surface area contributed by atoms with Gasteiger partial charge in [-0.05, 0) is 30.7 Å². The van der Waals surface area contributed by atoms with E-state index in [1.54, 1.807) is 30.5 Å². The minimum atomic E-state index is -2.06. The third kappa shape index (κ3) is 4.02. The zero-order chi connectivity index (χ0) is 15.1. The number of benzene rings is 1. The number of aromatic nitrogens is 1. The lowest BCUT2D eigenvalue weighted by Crippen LogP contribution is -2.41. The molecule has 4 nitrogen and oxygen atoms in total. The molecule has 1 unspecified atom stereocenters. The van der Waals surface area contributed by atoms with Crippen LogP contribution in [0.3, 0.4) is 0 Å². The second kappa shape index (κ2) is 6.83. The molecule has 0 saturated carbocycles. The predicted octanol–water partition coefficient (Wildman–Crippen LogP) is 2.29. The number of amides is 1. The number of halogens is 1. The fraction of sp³-hybridized carbons (Fsp3) is 0.250. The van der Waals surface area contributed by atoms with Crippen LogP contribution in [0.15, 0.2) is 48.7 Å². The van der Waals surface area contributed by atoms with Gasteiger partial charge in [-0.15, -0.1) is 0 Å². The minimum absolute atomic E-state index is 0.313. The highest BCUT2D eigenvalue weighted by Crippen LogP contribution is 2.25. The third-order valence-corrected chi connectivity index (χ3v) is 3.07. The van der Waals surface area contributed by atoms with Gasteiger partial charge in [-0.2, -0.15) is 0 Å². The normalized spacial score (nSPS) is 13.2. The number of carbonyl (C=O) groups excluding carboxylic acids is 1. The van der Waals surface area contributed by atoms with E-state index in [2.05, 4.69) is 21.7 Å². The predicted molar refractivity (Wildman–Crippen MR) is 79.5 cm³/mol. The van der Waals surface area contributed by atoms with Crippen molar-refractivity contribution in [2.45, 2.75) is 12.6 Å². The van der Waals surface area contributed by atoms with Crippen LogP contribution in [0.4, 0.5) is 10.2 Å². The van der Waals surface area contributed by atoms with Gasteiger partial charge in [-0.25, -0.2) is 9.37 Å². The monoisotopic (exact) mass is 286 g/mol. The zero-order valence-electron chi connectivity index (χ0n) is 11.8. The fourth-order valence-electron chi connectivity index (χ4n) is 1.83. The number of carbonyl (C=O) groups is 1. The average molecular weight is 286 g/mol. The van der Waals surface area contributed by atoms with Gasteiger partial charge in [0, 0.05) is 19.3 Å². The molecule has 1 aromatic carbocycles. The van der Waals surface area contributed by atoms with Crippen molar-refractivity contribution in [2.24, 2.45) is 0 Å². The molecular weight excluding hydrogens is 269 g/mol. The summed E-state index contributed by atoms with van der Waals surface area (Å²) in [5, 5.41) is 5.62. The molecule has 21 heavy (non-hydrogen) atoms. The van der Waals surface area contributed by atoms with Gasteiger partial charge < -0.3 is 10.6 Å². The largest absolute Gasteiger partial charge is 0.368 e.